The minimum absolute atomic E-state index is 0.0225. The van der Waals surface area contributed by atoms with Crippen LogP contribution >= 0.6 is 0 Å². The van der Waals surface area contributed by atoms with E-state index in [1.807, 2.05) is 91.0 Å². The number of carbonyl (C=O) groups excluding carboxylic acids is 4. The molecule has 3 amide bonds. The Morgan fingerprint density at radius 3 is 1.98 bits per heavy atom. The molecule has 2 aromatic heterocycles. The number of H-pyrrole nitrogens is 2. The minimum atomic E-state index is -1.17. The van der Waals surface area contributed by atoms with Crippen LogP contribution in [-0.4, -0.2) is 69.2 Å². The number of aromatic nitrogens is 3. The van der Waals surface area contributed by atoms with Crippen molar-refractivity contribution in [3.8, 4) is 11.1 Å². The first-order valence-corrected chi connectivity index (χ1v) is 19.0. The molecule has 1 aliphatic rings. The smallest absolute Gasteiger partial charge is 0.407 e. The van der Waals surface area contributed by atoms with Crippen molar-refractivity contribution in [1.82, 2.24) is 30.9 Å². The molecule has 6 aromatic rings. The molecular formula is C45H46N6O6. The van der Waals surface area contributed by atoms with Crippen molar-refractivity contribution in [3.63, 3.8) is 0 Å². The Morgan fingerprint density at radius 1 is 0.702 bits per heavy atom. The number of amides is 3. The number of ether oxygens (including phenoxy) is 2. The maximum atomic E-state index is 14.4. The molecule has 3 atom stereocenters. The van der Waals surface area contributed by atoms with Gasteiger partial charge in [0.15, 0.2) is 0 Å². The highest BCUT2D eigenvalue weighted by molar-refractivity contribution is 5.94. The molecule has 0 bridgehead atoms. The number of esters is 1. The molecule has 0 fully saturated rings. The number of carbonyl (C=O) groups is 4. The van der Waals surface area contributed by atoms with Gasteiger partial charge in [0.2, 0.25) is 11.8 Å². The standard InChI is InChI=1S/C45H46N6O6/c1-45(2,3)57-43(54)40(21-28-13-5-4-6-14-28)50-42(53)39(23-30-25-46-27-48-30)49-41(52)38(22-29-24-47-37-20-12-11-15-31(29)37)51-44(55)56-26-36-34-18-9-7-16-32(34)33-17-8-10-19-35(33)36/h4-20,24-25,27,36,38-40,47H,21-23,26H2,1-3H3,(H,46,48)(H,49,52)(H,50,53)(H,51,55)/t38-,39-,40-/m0/s1. The summed E-state index contributed by atoms with van der Waals surface area (Å²) < 4.78 is 11.6. The van der Waals surface area contributed by atoms with Crippen LogP contribution in [-0.2, 0) is 43.1 Å². The number of aromatic amines is 2. The van der Waals surface area contributed by atoms with Crippen LogP contribution in [0.1, 0.15) is 54.6 Å². The van der Waals surface area contributed by atoms with Crippen molar-refractivity contribution in [2.75, 3.05) is 6.61 Å². The van der Waals surface area contributed by atoms with Crippen molar-refractivity contribution in [1.29, 1.82) is 0 Å². The molecule has 12 nitrogen and oxygen atoms in total. The number of hydrogen-bond donors (Lipinski definition) is 5. The number of rotatable bonds is 14. The molecule has 0 spiro atoms. The fraction of sp³-hybridized carbons (Fsp3) is 0.267. The van der Waals surface area contributed by atoms with E-state index in [0.29, 0.717) is 5.69 Å². The zero-order valence-electron chi connectivity index (χ0n) is 32.1. The van der Waals surface area contributed by atoms with E-state index in [9.17, 15) is 19.2 Å². The Balaban J connectivity index is 1.12. The quantitative estimate of drug-likeness (QED) is 0.0831. The molecule has 1 aliphatic carbocycles. The van der Waals surface area contributed by atoms with Gasteiger partial charge in [-0.3, -0.25) is 9.59 Å². The lowest BCUT2D eigenvalue weighted by Gasteiger charge is -2.27. The third-order valence-corrected chi connectivity index (χ3v) is 9.95. The molecule has 0 saturated carbocycles. The lowest BCUT2D eigenvalue weighted by Crippen LogP contribution is -2.57. The van der Waals surface area contributed by atoms with Gasteiger partial charge in [0, 0.05) is 54.2 Å². The highest BCUT2D eigenvalue weighted by Crippen LogP contribution is 2.44. The van der Waals surface area contributed by atoms with Gasteiger partial charge in [-0.05, 0) is 60.2 Å². The van der Waals surface area contributed by atoms with Gasteiger partial charge in [-0.1, -0.05) is 97.1 Å². The maximum absolute atomic E-state index is 14.4. The molecular weight excluding hydrogens is 721 g/mol. The summed E-state index contributed by atoms with van der Waals surface area (Å²) in [5.74, 6) is -2.03. The van der Waals surface area contributed by atoms with E-state index in [1.165, 1.54) is 6.33 Å². The van der Waals surface area contributed by atoms with Gasteiger partial charge in [0.05, 0.1) is 6.33 Å². The van der Waals surface area contributed by atoms with E-state index >= 15 is 0 Å². The number of para-hydroxylation sites is 1. The summed E-state index contributed by atoms with van der Waals surface area (Å²) in [6.07, 6.45) is 4.33. The third kappa shape index (κ3) is 9.41. The largest absolute Gasteiger partial charge is 0.458 e. The van der Waals surface area contributed by atoms with Crippen molar-refractivity contribution in [3.05, 3.63) is 150 Å². The van der Waals surface area contributed by atoms with Crippen LogP contribution in [0.3, 0.4) is 0 Å². The van der Waals surface area contributed by atoms with E-state index in [0.717, 1.165) is 44.3 Å². The Hall–Kier alpha value is -6.69. The first kappa shape index (κ1) is 38.6. The van der Waals surface area contributed by atoms with Gasteiger partial charge in [0.25, 0.3) is 0 Å². The van der Waals surface area contributed by atoms with Crippen molar-refractivity contribution < 1.29 is 28.7 Å². The number of imidazole rings is 1. The average molecular weight is 767 g/mol. The summed E-state index contributed by atoms with van der Waals surface area (Å²) in [6, 6.07) is 29.7. The normalized spacial score (nSPS) is 13.8. The third-order valence-electron chi connectivity index (χ3n) is 9.95. The van der Waals surface area contributed by atoms with Crippen LogP contribution < -0.4 is 16.0 Å². The molecule has 0 radical (unpaired) electrons. The Bertz CT molecular complexity index is 2300. The Labute approximate surface area is 330 Å². The topological polar surface area (TPSA) is 167 Å². The van der Waals surface area contributed by atoms with Gasteiger partial charge in [0.1, 0.15) is 30.3 Å². The number of benzene rings is 4. The fourth-order valence-corrected chi connectivity index (χ4v) is 7.30. The molecule has 7 rings (SSSR count). The molecule has 0 saturated heterocycles. The molecule has 0 unspecified atom stereocenters. The highest BCUT2D eigenvalue weighted by atomic mass is 16.6. The van der Waals surface area contributed by atoms with Gasteiger partial charge in [-0.2, -0.15) is 0 Å². The fourth-order valence-electron chi connectivity index (χ4n) is 7.30. The van der Waals surface area contributed by atoms with E-state index in [4.69, 9.17) is 9.47 Å². The predicted molar refractivity (Wildman–Crippen MR) is 216 cm³/mol. The summed E-state index contributed by atoms with van der Waals surface area (Å²) in [5, 5.41) is 9.40. The molecule has 5 N–H and O–H groups in total. The lowest BCUT2D eigenvalue weighted by molar-refractivity contribution is -0.158. The number of alkyl carbamates (subject to hydrolysis) is 1. The monoisotopic (exact) mass is 766 g/mol. The van der Waals surface area contributed by atoms with Crippen LogP contribution in [0.4, 0.5) is 4.79 Å². The summed E-state index contributed by atoms with van der Waals surface area (Å²) in [4.78, 5) is 66.0. The molecule has 4 aromatic carbocycles. The molecule has 12 heteroatoms. The average Bonchev–Trinajstić information content (AvgIpc) is 3.94. The number of nitrogens with one attached hydrogen (secondary N) is 5. The van der Waals surface area contributed by atoms with Crippen molar-refractivity contribution >= 4 is 34.8 Å². The summed E-state index contributed by atoms with van der Waals surface area (Å²) >= 11 is 0. The van der Waals surface area contributed by atoms with Gasteiger partial charge in [-0.15, -0.1) is 0 Å². The summed E-state index contributed by atoms with van der Waals surface area (Å²) in [6.45, 7) is 5.32. The van der Waals surface area contributed by atoms with Crippen LogP contribution in [0.15, 0.2) is 122 Å². The van der Waals surface area contributed by atoms with Crippen LogP contribution in [0.2, 0.25) is 0 Å². The minimum Gasteiger partial charge on any atom is -0.458 e. The predicted octanol–water partition coefficient (Wildman–Crippen LogP) is 6.14. The van der Waals surface area contributed by atoms with Crippen LogP contribution in [0.5, 0.6) is 0 Å². The first-order chi connectivity index (χ1) is 27.5. The lowest BCUT2D eigenvalue weighted by atomic mass is 9.98. The van der Waals surface area contributed by atoms with Gasteiger partial charge < -0.3 is 35.4 Å². The Morgan fingerprint density at radius 2 is 1.32 bits per heavy atom. The van der Waals surface area contributed by atoms with E-state index in [1.54, 1.807) is 33.2 Å². The van der Waals surface area contributed by atoms with E-state index in [-0.39, 0.29) is 31.8 Å². The number of nitrogens with zero attached hydrogens (tertiary/aromatic N) is 1. The van der Waals surface area contributed by atoms with Crippen LogP contribution in [0, 0.1) is 0 Å². The van der Waals surface area contributed by atoms with Crippen molar-refractivity contribution in [2.45, 2.75) is 69.7 Å². The molecule has 57 heavy (non-hydrogen) atoms. The zero-order valence-corrected chi connectivity index (χ0v) is 32.1. The van der Waals surface area contributed by atoms with E-state index < -0.39 is 47.6 Å². The second-order valence-corrected chi connectivity index (χ2v) is 15.2. The van der Waals surface area contributed by atoms with Crippen molar-refractivity contribution in [2.24, 2.45) is 0 Å². The first-order valence-electron chi connectivity index (χ1n) is 19.0. The van der Waals surface area contributed by atoms with Gasteiger partial charge in [-0.25, -0.2) is 14.6 Å². The second kappa shape index (κ2) is 17.0. The summed E-state index contributed by atoms with van der Waals surface area (Å²) in [5.41, 5.74) is 6.55. The summed E-state index contributed by atoms with van der Waals surface area (Å²) in [7, 11) is 0. The van der Waals surface area contributed by atoms with Crippen LogP contribution in [0.25, 0.3) is 22.0 Å². The number of fused-ring (bicyclic) bond motifs is 4. The Kier molecular flexibility index (Phi) is 11.5. The molecule has 2 heterocycles. The number of hydrogen-bond acceptors (Lipinski definition) is 7. The molecule has 0 aliphatic heterocycles. The molecule has 292 valence electrons. The maximum Gasteiger partial charge on any atom is 0.407 e. The SMILES string of the molecule is CC(C)(C)OC(=O)[C@H](Cc1ccccc1)NC(=O)[C@H](Cc1cnc[nH]1)NC(=O)[C@H](Cc1c[nH]c2ccccc12)NC(=O)OCC1c2ccccc2-c2ccccc21. The highest BCUT2D eigenvalue weighted by Gasteiger charge is 2.34. The second-order valence-electron chi connectivity index (χ2n) is 15.2. The zero-order chi connectivity index (χ0) is 39.9. The van der Waals surface area contributed by atoms with Gasteiger partial charge >= 0.3 is 12.1 Å². The van der Waals surface area contributed by atoms with E-state index in [2.05, 4.69) is 43.0 Å².